The molecule has 0 rings (SSSR count). The van der Waals surface area contributed by atoms with Gasteiger partial charge in [0.25, 0.3) is 0 Å². The Hall–Kier alpha value is -0.610. The molecule has 2 atom stereocenters. The molecule has 0 aromatic heterocycles. The van der Waals surface area contributed by atoms with Crippen LogP contribution in [0.15, 0.2) is 0 Å². The van der Waals surface area contributed by atoms with E-state index in [1.807, 2.05) is 13.8 Å². The summed E-state index contributed by atoms with van der Waals surface area (Å²) in [4.78, 5) is 14.7. The molecule has 0 bridgehead atoms. The van der Waals surface area contributed by atoms with Crippen molar-refractivity contribution >= 4 is 5.97 Å². The van der Waals surface area contributed by atoms with Crippen LogP contribution in [0.1, 0.15) is 26.7 Å². The smallest absolute Gasteiger partial charge is 0.334 e. The lowest BCUT2D eigenvalue weighted by Gasteiger charge is -2.13. The van der Waals surface area contributed by atoms with Gasteiger partial charge in [0.05, 0.1) is 0 Å². The van der Waals surface area contributed by atoms with Gasteiger partial charge in [-0.2, -0.15) is 0 Å². The predicted octanol–water partition coefficient (Wildman–Crippen LogP) is 0.766. The standard InChI is InChI=1S/C7H15NO3/c1-3-5(2)4-6(11-8)7(9)10/h5-6H,3-4,8H2,1-2H3,(H,9,10)/t5-,6-/m0/s1. The van der Waals surface area contributed by atoms with E-state index >= 15 is 0 Å². The highest BCUT2D eigenvalue weighted by molar-refractivity contribution is 5.72. The highest BCUT2D eigenvalue weighted by Crippen LogP contribution is 2.11. The lowest BCUT2D eigenvalue weighted by Crippen LogP contribution is -2.28. The number of rotatable bonds is 5. The number of carboxylic acid groups (broad SMARTS) is 1. The van der Waals surface area contributed by atoms with Crippen LogP contribution >= 0.6 is 0 Å². The highest BCUT2D eigenvalue weighted by Gasteiger charge is 2.19. The average Bonchev–Trinajstić information content (AvgIpc) is 1.99. The summed E-state index contributed by atoms with van der Waals surface area (Å²) in [5.74, 6) is 4.14. The molecule has 4 heteroatoms. The van der Waals surface area contributed by atoms with Gasteiger partial charge in [-0.25, -0.2) is 10.7 Å². The van der Waals surface area contributed by atoms with Gasteiger partial charge in [0, 0.05) is 0 Å². The van der Waals surface area contributed by atoms with Gasteiger partial charge in [-0.05, 0) is 12.3 Å². The molecule has 0 aliphatic rings. The first-order chi connectivity index (χ1) is 5.11. The Bertz CT molecular complexity index is 127. The van der Waals surface area contributed by atoms with Crippen molar-refractivity contribution in [2.75, 3.05) is 0 Å². The summed E-state index contributed by atoms with van der Waals surface area (Å²) in [5.41, 5.74) is 0. The van der Waals surface area contributed by atoms with Crippen molar-refractivity contribution < 1.29 is 14.7 Å². The van der Waals surface area contributed by atoms with Gasteiger partial charge in [0.2, 0.25) is 0 Å². The second-order valence-electron chi connectivity index (χ2n) is 2.71. The van der Waals surface area contributed by atoms with Gasteiger partial charge < -0.3 is 5.11 Å². The second-order valence-corrected chi connectivity index (χ2v) is 2.71. The van der Waals surface area contributed by atoms with Crippen LogP contribution < -0.4 is 5.90 Å². The van der Waals surface area contributed by atoms with Crippen LogP contribution in [0.3, 0.4) is 0 Å². The predicted molar refractivity (Wildman–Crippen MR) is 40.8 cm³/mol. The zero-order valence-electron chi connectivity index (χ0n) is 6.91. The third-order valence-electron chi connectivity index (χ3n) is 1.75. The van der Waals surface area contributed by atoms with Gasteiger partial charge in [-0.1, -0.05) is 20.3 Å². The zero-order valence-corrected chi connectivity index (χ0v) is 6.91. The fourth-order valence-corrected chi connectivity index (χ4v) is 0.747. The van der Waals surface area contributed by atoms with Gasteiger partial charge >= 0.3 is 5.97 Å². The van der Waals surface area contributed by atoms with E-state index in [0.29, 0.717) is 12.3 Å². The third kappa shape index (κ3) is 3.95. The minimum atomic E-state index is -0.993. The molecule has 0 unspecified atom stereocenters. The molecule has 0 aromatic carbocycles. The van der Waals surface area contributed by atoms with Gasteiger partial charge in [-0.15, -0.1) is 0 Å². The Labute approximate surface area is 66.3 Å². The molecule has 0 saturated carbocycles. The third-order valence-corrected chi connectivity index (χ3v) is 1.75. The molecule has 66 valence electrons. The maximum Gasteiger partial charge on any atom is 0.334 e. The Morgan fingerprint density at radius 3 is 2.55 bits per heavy atom. The molecule has 0 aliphatic heterocycles. The Kier molecular flexibility index (Phi) is 4.81. The molecule has 0 spiro atoms. The Morgan fingerprint density at radius 2 is 2.27 bits per heavy atom. The van der Waals surface area contributed by atoms with E-state index in [-0.39, 0.29) is 0 Å². The molecule has 0 aromatic rings. The summed E-state index contributed by atoms with van der Waals surface area (Å²) in [5, 5.41) is 8.51. The molecule has 0 radical (unpaired) electrons. The lowest BCUT2D eigenvalue weighted by atomic mass is 10.0. The summed E-state index contributed by atoms with van der Waals surface area (Å²) in [7, 11) is 0. The lowest BCUT2D eigenvalue weighted by molar-refractivity contribution is -0.151. The molecule has 0 amide bonds. The number of hydrogen-bond donors (Lipinski definition) is 2. The van der Waals surface area contributed by atoms with Crippen molar-refractivity contribution in [3.8, 4) is 0 Å². The maximum atomic E-state index is 10.4. The molecule has 3 N–H and O–H groups in total. The number of aliphatic carboxylic acids is 1. The largest absolute Gasteiger partial charge is 0.479 e. The second kappa shape index (κ2) is 5.09. The molecular weight excluding hydrogens is 146 g/mol. The zero-order chi connectivity index (χ0) is 8.85. The van der Waals surface area contributed by atoms with Gasteiger partial charge in [0.1, 0.15) is 0 Å². The van der Waals surface area contributed by atoms with Crippen molar-refractivity contribution in [3.05, 3.63) is 0 Å². The van der Waals surface area contributed by atoms with Crippen LogP contribution in [0, 0.1) is 5.92 Å². The van der Waals surface area contributed by atoms with Crippen LogP contribution in [0.4, 0.5) is 0 Å². The fourth-order valence-electron chi connectivity index (χ4n) is 0.747. The van der Waals surface area contributed by atoms with E-state index < -0.39 is 12.1 Å². The molecule has 0 aliphatic carbocycles. The van der Waals surface area contributed by atoms with Crippen LogP contribution in [-0.4, -0.2) is 17.2 Å². The number of carbonyl (C=O) groups is 1. The summed E-state index contributed by atoms with van der Waals surface area (Å²) in [6.45, 7) is 3.97. The normalized spacial score (nSPS) is 15.9. The van der Waals surface area contributed by atoms with E-state index in [4.69, 9.17) is 11.0 Å². The summed E-state index contributed by atoms with van der Waals surface area (Å²) in [6.07, 6.45) is 0.556. The average molecular weight is 161 g/mol. The first-order valence-electron chi connectivity index (χ1n) is 3.70. The Balaban J connectivity index is 3.77. The minimum absolute atomic E-state index is 0.333. The Morgan fingerprint density at radius 1 is 1.73 bits per heavy atom. The van der Waals surface area contributed by atoms with Crippen LogP contribution in [0.5, 0.6) is 0 Å². The SMILES string of the molecule is CC[C@H](C)C[C@H](ON)C(=O)O. The molecular formula is C7H15NO3. The molecule has 11 heavy (non-hydrogen) atoms. The van der Waals surface area contributed by atoms with E-state index in [2.05, 4.69) is 4.84 Å². The maximum absolute atomic E-state index is 10.4. The van der Waals surface area contributed by atoms with E-state index in [9.17, 15) is 4.79 Å². The van der Waals surface area contributed by atoms with Gasteiger partial charge in [-0.3, -0.25) is 4.84 Å². The van der Waals surface area contributed by atoms with Crippen molar-refractivity contribution in [1.29, 1.82) is 0 Å². The first-order valence-corrected chi connectivity index (χ1v) is 3.70. The van der Waals surface area contributed by atoms with E-state index in [1.54, 1.807) is 0 Å². The van der Waals surface area contributed by atoms with Crippen molar-refractivity contribution in [1.82, 2.24) is 0 Å². The molecule has 0 saturated heterocycles. The number of nitrogens with two attached hydrogens (primary N) is 1. The highest BCUT2D eigenvalue weighted by atomic mass is 16.6. The van der Waals surface area contributed by atoms with Crippen LogP contribution in [0.2, 0.25) is 0 Å². The molecule has 4 nitrogen and oxygen atoms in total. The van der Waals surface area contributed by atoms with Crippen molar-refractivity contribution in [2.24, 2.45) is 11.8 Å². The summed E-state index contributed by atoms with van der Waals surface area (Å²) in [6, 6.07) is 0. The summed E-state index contributed by atoms with van der Waals surface area (Å²) < 4.78 is 0. The number of carboxylic acids is 1. The van der Waals surface area contributed by atoms with E-state index in [1.165, 1.54) is 0 Å². The quantitative estimate of drug-likeness (QED) is 0.584. The summed E-state index contributed by atoms with van der Waals surface area (Å²) >= 11 is 0. The van der Waals surface area contributed by atoms with Crippen molar-refractivity contribution in [3.63, 3.8) is 0 Å². The topological polar surface area (TPSA) is 72.5 Å². The van der Waals surface area contributed by atoms with Crippen LogP contribution in [0.25, 0.3) is 0 Å². The van der Waals surface area contributed by atoms with E-state index in [0.717, 1.165) is 6.42 Å². The van der Waals surface area contributed by atoms with Crippen molar-refractivity contribution in [2.45, 2.75) is 32.8 Å². The molecule has 0 heterocycles. The monoisotopic (exact) mass is 161 g/mol. The fraction of sp³-hybridized carbons (Fsp3) is 0.857. The van der Waals surface area contributed by atoms with Gasteiger partial charge in [0.15, 0.2) is 6.10 Å². The number of hydrogen-bond acceptors (Lipinski definition) is 3. The minimum Gasteiger partial charge on any atom is -0.479 e. The first kappa shape index (κ1) is 10.4. The van der Waals surface area contributed by atoms with Crippen LogP contribution in [-0.2, 0) is 9.63 Å². The molecule has 0 fully saturated rings.